The third-order valence-corrected chi connectivity index (χ3v) is 4.41. The van der Waals surface area contributed by atoms with Gasteiger partial charge in [0, 0.05) is 30.1 Å². The summed E-state index contributed by atoms with van der Waals surface area (Å²) in [4.78, 5) is 16.1. The topological polar surface area (TPSA) is 33.2 Å². The molecule has 6 heteroatoms. The Balaban J connectivity index is 1.74. The molecule has 1 atom stereocenters. The molecule has 1 aliphatic heterocycles. The quantitative estimate of drug-likeness (QED) is 0.782. The molecule has 0 N–H and O–H groups in total. The van der Waals surface area contributed by atoms with Gasteiger partial charge in [-0.2, -0.15) is 13.2 Å². The molecule has 0 aromatic carbocycles. The SMILES string of the molecule is O=CN1CC2(CCC(c3cccc(C(F)(F)F)n3)C2)C1. The van der Waals surface area contributed by atoms with Gasteiger partial charge in [0.2, 0.25) is 6.41 Å². The number of rotatable bonds is 2. The van der Waals surface area contributed by atoms with E-state index < -0.39 is 11.9 Å². The number of hydrogen-bond acceptors (Lipinski definition) is 2. The van der Waals surface area contributed by atoms with Gasteiger partial charge in [-0.25, -0.2) is 4.98 Å². The molecule has 2 aliphatic rings. The number of amides is 1. The standard InChI is InChI=1S/C14H15F3N2O/c15-14(16,17)12-3-1-2-11(18-12)10-4-5-13(6-10)7-19(8-13)9-20/h1-3,9-10H,4-8H2. The second-order valence-electron chi connectivity index (χ2n) is 5.90. The first-order chi connectivity index (χ1) is 9.42. The van der Waals surface area contributed by atoms with Crippen LogP contribution < -0.4 is 0 Å². The van der Waals surface area contributed by atoms with Crippen LogP contribution in [0.1, 0.15) is 36.6 Å². The summed E-state index contributed by atoms with van der Waals surface area (Å²) in [7, 11) is 0. The zero-order valence-electron chi connectivity index (χ0n) is 10.9. The number of pyridine rings is 1. The third-order valence-electron chi connectivity index (χ3n) is 4.41. The summed E-state index contributed by atoms with van der Waals surface area (Å²) < 4.78 is 38.0. The van der Waals surface area contributed by atoms with Gasteiger partial charge in [-0.3, -0.25) is 4.79 Å². The Morgan fingerprint density at radius 1 is 1.35 bits per heavy atom. The molecule has 1 unspecified atom stereocenters. The van der Waals surface area contributed by atoms with Gasteiger partial charge in [0.1, 0.15) is 5.69 Å². The highest BCUT2D eigenvalue weighted by atomic mass is 19.4. The maximum absolute atomic E-state index is 12.7. The molecular formula is C14H15F3N2O. The smallest absolute Gasteiger partial charge is 0.344 e. The van der Waals surface area contributed by atoms with Crippen LogP contribution in [0.2, 0.25) is 0 Å². The minimum Gasteiger partial charge on any atom is -0.344 e. The van der Waals surface area contributed by atoms with Crippen LogP contribution >= 0.6 is 0 Å². The summed E-state index contributed by atoms with van der Waals surface area (Å²) in [5, 5.41) is 0. The van der Waals surface area contributed by atoms with Crippen molar-refractivity contribution in [2.45, 2.75) is 31.4 Å². The molecule has 1 aromatic rings. The predicted molar refractivity (Wildman–Crippen MR) is 65.9 cm³/mol. The van der Waals surface area contributed by atoms with E-state index >= 15 is 0 Å². The van der Waals surface area contributed by atoms with Gasteiger partial charge in [0.15, 0.2) is 0 Å². The molecular weight excluding hydrogens is 269 g/mol. The molecule has 1 aromatic heterocycles. The van der Waals surface area contributed by atoms with Crippen molar-refractivity contribution in [3.63, 3.8) is 0 Å². The summed E-state index contributed by atoms with van der Waals surface area (Å²) >= 11 is 0. The molecule has 1 spiro atoms. The normalized spacial score (nSPS) is 24.8. The highest BCUT2D eigenvalue weighted by Crippen LogP contribution is 2.51. The highest BCUT2D eigenvalue weighted by Gasteiger charge is 2.48. The summed E-state index contributed by atoms with van der Waals surface area (Å²) in [5.41, 5.74) is -0.179. The van der Waals surface area contributed by atoms with E-state index in [4.69, 9.17) is 0 Å². The number of hydrogen-bond donors (Lipinski definition) is 0. The number of carbonyl (C=O) groups excluding carboxylic acids is 1. The lowest BCUT2D eigenvalue weighted by molar-refractivity contribution is -0.141. The Bertz CT molecular complexity index is 523. The van der Waals surface area contributed by atoms with Gasteiger partial charge in [0.25, 0.3) is 0 Å². The van der Waals surface area contributed by atoms with E-state index in [0.29, 0.717) is 5.69 Å². The number of aromatic nitrogens is 1. The van der Waals surface area contributed by atoms with Crippen LogP contribution in [0.3, 0.4) is 0 Å². The number of alkyl halides is 3. The van der Waals surface area contributed by atoms with Gasteiger partial charge in [0.05, 0.1) is 0 Å². The number of nitrogens with zero attached hydrogens (tertiary/aromatic N) is 2. The van der Waals surface area contributed by atoms with Crippen molar-refractivity contribution < 1.29 is 18.0 Å². The number of carbonyl (C=O) groups is 1. The average Bonchev–Trinajstić information content (AvgIpc) is 2.81. The van der Waals surface area contributed by atoms with E-state index in [9.17, 15) is 18.0 Å². The van der Waals surface area contributed by atoms with Crippen LogP contribution in [0.25, 0.3) is 0 Å². The maximum Gasteiger partial charge on any atom is 0.433 e. The Morgan fingerprint density at radius 3 is 2.75 bits per heavy atom. The van der Waals surface area contributed by atoms with Crippen LogP contribution in [0.4, 0.5) is 13.2 Å². The molecule has 2 heterocycles. The molecule has 2 fully saturated rings. The van der Waals surface area contributed by atoms with Gasteiger partial charge in [-0.15, -0.1) is 0 Å². The second-order valence-corrected chi connectivity index (χ2v) is 5.90. The Morgan fingerprint density at radius 2 is 2.10 bits per heavy atom. The van der Waals surface area contributed by atoms with Crippen molar-refractivity contribution in [2.75, 3.05) is 13.1 Å². The zero-order chi connectivity index (χ0) is 14.4. The highest BCUT2D eigenvalue weighted by molar-refractivity contribution is 5.49. The summed E-state index contributed by atoms with van der Waals surface area (Å²) in [6.07, 6.45) is -0.926. The lowest BCUT2D eigenvalue weighted by atomic mass is 9.77. The molecule has 20 heavy (non-hydrogen) atoms. The minimum absolute atomic E-state index is 0.0751. The summed E-state index contributed by atoms with van der Waals surface area (Å²) in [5.74, 6) is 0.0751. The molecule has 3 nitrogen and oxygen atoms in total. The predicted octanol–water partition coefficient (Wildman–Crippen LogP) is 2.83. The van der Waals surface area contributed by atoms with E-state index in [-0.39, 0.29) is 11.3 Å². The lowest BCUT2D eigenvalue weighted by Crippen LogP contribution is -2.54. The molecule has 0 bridgehead atoms. The van der Waals surface area contributed by atoms with E-state index in [1.54, 1.807) is 11.0 Å². The monoisotopic (exact) mass is 284 g/mol. The van der Waals surface area contributed by atoms with Gasteiger partial charge in [-0.1, -0.05) is 6.07 Å². The van der Waals surface area contributed by atoms with Gasteiger partial charge in [-0.05, 0) is 31.4 Å². The average molecular weight is 284 g/mol. The Kier molecular flexibility index (Phi) is 2.99. The fourth-order valence-electron chi connectivity index (χ4n) is 3.47. The molecule has 1 saturated heterocycles. The van der Waals surface area contributed by atoms with Crippen LogP contribution in [0.5, 0.6) is 0 Å². The Labute approximate surface area is 114 Å². The first-order valence-electron chi connectivity index (χ1n) is 6.65. The van der Waals surface area contributed by atoms with Crippen molar-refractivity contribution >= 4 is 6.41 Å². The van der Waals surface area contributed by atoms with E-state index in [0.717, 1.165) is 44.8 Å². The summed E-state index contributed by atoms with van der Waals surface area (Å²) in [6, 6.07) is 4.11. The number of halogens is 3. The molecule has 108 valence electrons. The summed E-state index contributed by atoms with van der Waals surface area (Å²) in [6.45, 7) is 1.46. The molecule has 1 aliphatic carbocycles. The van der Waals surface area contributed by atoms with Crippen molar-refractivity contribution in [1.29, 1.82) is 0 Å². The molecule has 1 amide bonds. The van der Waals surface area contributed by atoms with Crippen LogP contribution in [-0.4, -0.2) is 29.4 Å². The van der Waals surface area contributed by atoms with Crippen LogP contribution in [0.15, 0.2) is 18.2 Å². The molecule has 0 radical (unpaired) electrons. The fourth-order valence-corrected chi connectivity index (χ4v) is 3.47. The van der Waals surface area contributed by atoms with Crippen molar-refractivity contribution in [1.82, 2.24) is 9.88 Å². The van der Waals surface area contributed by atoms with E-state index in [2.05, 4.69) is 4.98 Å². The number of likely N-dealkylation sites (tertiary alicyclic amines) is 1. The minimum atomic E-state index is -4.39. The lowest BCUT2D eigenvalue weighted by Gasteiger charge is -2.46. The first-order valence-corrected chi connectivity index (χ1v) is 6.65. The first kappa shape index (κ1) is 13.4. The molecule has 1 saturated carbocycles. The van der Waals surface area contributed by atoms with E-state index in [1.807, 2.05) is 0 Å². The van der Waals surface area contributed by atoms with Crippen molar-refractivity contribution in [2.24, 2.45) is 5.41 Å². The van der Waals surface area contributed by atoms with Crippen LogP contribution in [0, 0.1) is 5.41 Å². The Hall–Kier alpha value is -1.59. The van der Waals surface area contributed by atoms with E-state index in [1.165, 1.54) is 6.07 Å². The zero-order valence-corrected chi connectivity index (χ0v) is 10.9. The molecule has 3 rings (SSSR count). The van der Waals surface area contributed by atoms with Gasteiger partial charge >= 0.3 is 6.18 Å². The van der Waals surface area contributed by atoms with Gasteiger partial charge < -0.3 is 4.90 Å². The van der Waals surface area contributed by atoms with Crippen molar-refractivity contribution in [3.8, 4) is 0 Å². The fraction of sp³-hybridized carbons (Fsp3) is 0.571. The maximum atomic E-state index is 12.7. The second kappa shape index (κ2) is 4.46. The van der Waals surface area contributed by atoms with Crippen LogP contribution in [-0.2, 0) is 11.0 Å². The third kappa shape index (κ3) is 2.27. The van der Waals surface area contributed by atoms with Crippen molar-refractivity contribution in [3.05, 3.63) is 29.6 Å². The largest absolute Gasteiger partial charge is 0.433 e.